The number of carbonyl (C=O) groups is 1. The topological polar surface area (TPSA) is 93.2 Å². The van der Waals surface area contributed by atoms with Gasteiger partial charge in [-0.3, -0.25) is 9.89 Å². The van der Waals surface area contributed by atoms with Crippen LogP contribution < -0.4 is 20.2 Å². The van der Waals surface area contributed by atoms with Gasteiger partial charge in [0.15, 0.2) is 18.1 Å². The van der Waals surface area contributed by atoms with Gasteiger partial charge >= 0.3 is 0 Å². The Morgan fingerprint density at radius 2 is 2.06 bits per heavy atom. The molecular weight excluding hydrogens is 506 g/mol. The van der Waals surface area contributed by atoms with Gasteiger partial charge in [-0.25, -0.2) is 4.68 Å². The Morgan fingerprint density at radius 3 is 2.71 bits per heavy atom. The molecule has 1 heterocycles. The summed E-state index contributed by atoms with van der Waals surface area (Å²) in [5.41, 5.74) is 4.19. The minimum Gasteiger partial charge on any atom is -0.490 e. The number of rotatable bonds is 9. The van der Waals surface area contributed by atoms with Gasteiger partial charge in [0.05, 0.1) is 17.6 Å². The molecule has 0 radical (unpaired) electrons. The lowest BCUT2D eigenvalue weighted by atomic mass is 9.95. The maximum Gasteiger partial charge on any atom is 0.258 e. The van der Waals surface area contributed by atoms with Crippen molar-refractivity contribution in [2.45, 2.75) is 58.5 Å². The van der Waals surface area contributed by atoms with Gasteiger partial charge < -0.3 is 20.2 Å². The van der Waals surface area contributed by atoms with Crippen molar-refractivity contribution < 1.29 is 14.3 Å². The number of aromatic nitrogens is 3. The fourth-order valence-corrected chi connectivity index (χ4v) is 4.36. The maximum absolute atomic E-state index is 12.3. The summed E-state index contributed by atoms with van der Waals surface area (Å²) in [5, 5.41) is 9.89. The van der Waals surface area contributed by atoms with Crippen molar-refractivity contribution in [3.63, 3.8) is 0 Å². The molecule has 0 saturated heterocycles. The van der Waals surface area contributed by atoms with Gasteiger partial charge in [-0.05, 0) is 72.5 Å². The first-order chi connectivity index (χ1) is 14.5. The van der Waals surface area contributed by atoms with Gasteiger partial charge in [-0.1, -0.05) is 19.3 Å². The Labute approximate surface area is 202 Å². The summed E-state index contributed by atoms with van der Waals surface area (Å²) in [6.45, 7) is 4.72. The van der Waals surface area contributed by atoms with Crippen LogP contribution in [0.3, 0.4) is 0 Å². The van der Waals surface area contributed by atoms with Crippen LogP contribution in [0, 0.1) is 11.7 Å². The molecule has 0 atom stereocenters. The minimum absolute atomic E-state index is 0. The molecule has 31 heavy (non-hydrogen) atoms. The monoisotopic (exact) mass is 533 g/mol. The summed E-state index contributed by atoms with van der Waals surface area (Å²) in [4.78, 5) is 12.3. The fourth-order valence-electron chi connectivity index (χ4n) is 3.51. The lowest BCUT2D eigenvalue weighted by Crippen LogP contribution is -2.39. The number of ether oxygens (including phenoxy) is 2. The third-order valence-corrected chi connectivity index (χ3v) is 5.83. The molecule has 3 N–H and O–H groups in total. The summed E-state index contributed by atoms with van der Waals surface area (Å²) in [7, 11) is 0. The second kappa shape index (κ2) is 12.3. The number of aryl methyl sites for hydroxylation is 1. The number of nitrogens with zero attached hydrogens (tertiary/aromatic N) is 2. The van der Waals surface area contributed by atoms with E-state index in [2.05, 4.69) is 36.9 Å². The van der Waals surface area contributed by atoms with E-state index in [-0.39, 0.29) is 31.0 Å². The first-order valence-electron chi connectivity index (χ1n) is 10.2. The molecule has 0 unspecified atom stereocenters. The largest absolute Gasteiger partial charge is 0.490 e. The van der Waals surface area contributed by atoms with Gasteiger partial charge in [0.2, 0.25) is 4.77 Å². The molecule has 0 bridgehead atoms. The average molecular weight is 535 g/mol. The lowest BCUT2D eigenvalue weighted by Gasteiger charge is -2.23. The smallest absolute Gasteiger partial charge is 0.258 e. The molecule has 172 valence electrons. The average Bonchev–Trinajstić information content (AvgIpc) is 3.04. The number of amides is 1. The molecule has 1 saturated carbocycles. The number of H-pyrrole nitrogens is 1. The van der Waals surface area contributed by atoms with Crippen LogP contribution in [0.1, 0.15) is 50.4 Å². The Balaban J connectivity index is 0.00000341. The lowest BCUT2D eigenvalue weighted by molar-refractivity contribution is -0.124. The molecule has 1 aliphatic carbocycles. The van der Waals surface area contributed by atoms with Crippen LogP contribution >= 0.6 is 40.6 Å². The summed E-state index contributed by atoms with van der Waals surface area (Å²) >= 11 is 8.76. The highest BCUT2D eigenvalue weighted by molar-refractivity contribution is 9.10. The van der Waals surface area contributed by atoms with Crippen LogP contribution in [0.25, 0.3) is 0 Å². The predicted molar refractivity (Wildman–Crippen MR) is 128 cm³/mol. The summed E-state index contributed by atoms with van der Waals surface area (Å²) in [6, 6.07) is 4.09. The molecule has 8 nitrogen and oxygen atoms in total. The SMILES string of the molecule is CCOc1cc(CNn2c(C)n[nH]c2=S)cc(Br)c1OCC(=O)NC1CCCCC1.Cl. The minimum atomic E-state index is -0.105. The van der Waals surface area contributed by atoms with E-state index in [0.29, 0.717) is 29.4 Å². The van der Waals surface area contributed by atoms with Crippen molar-refractivity contribution in [3.8, 4) is 11.5 Å². The number of nitrogens with one attached hydrogen (secondary N) is 3. The number of halogens is 2. The highest BCUT2D eigenvalue weighted by Crippen LogP contribution is 2.37. The normalized spacial score (nSPS) is 13.9. The van der Waals surface area contributed by atoms with Crippen molar-refractivity contribution in [1.29, 1.82) is 0 Å². The third kappa shape index (κ3) is 7.11. The zero-order valence-corrected chi connectivity index (χ0v) is 20.9. The van der Waals surface area contributed by atoms with E-state index in [0.717, 1.165) is 28.7 Å². The van der Waals surface area contributed by atoms with E-state index in [1.165, 1.54) is 19.3 Å². The highest BCUT2D eigenvalue weighted by Gasteiger charge is 2.18. The van der Waals surface area contributed by atoms with Gasteiger partial charge in [-0.15, -0.1) is 12.4 Å². The highest BCUT2D eigenvalue weighted by atomic mass is 79.9. The molecule has 1 aliphatic rings. The second-order valence-electron chi connectivity index (χ2n) is 7.28. The number of benzene rings is 1. The number of hydrogen-bond acceptors (Lipinski definition) is 6. The van der Waals surface area contributed by atoms with E-state index < -0.39 is 0 Å². The van der Waals surface area contributed by atoms with E-state index in [4.69, 9.17) is 21.7 Å². The molecule has 2 aromatic rings. The van der Waals surface area contributed by atoms with Crippen molar-refractivity contribution in [2.24, 2.45) is 0 Å². The summed E-state index contributed by atoms with van der Waals surface area (Å²) in [5.74, 6) is 1.75. The predicted octanol–water partition coefficient (Wildman–Crippen LogP) is 4.40. The van der Waals surface area contributed by atoms with Crippen molar-refractivity contribution in [2.75, 3.05) is 18.6 Å². The first kappa shape index (κ1) is 25.5. The van der Waals surface area contributed by atoms with Gasteiger partial charge in [0, 0.05) is 6.04 Å². The van der Waals surface area contributed by atoms with Crippen molar-refractivity contribution >= 4 is 46.5 Å². The van der Waals surface area contributed by atoms with Crippen LogP contribution in [0.5, 0.6) is 11.5 Å². The van der Waals surface area contributed by atoms with Crippen LogP contribution in [0.2, 0.25) is 0 Å². The molecule has 1 fully saturated rings. The molecule has 0 spiro atoms. The van der Waals surface area contributed by atoms with Gasteiger partial charge in [0.25, 0.3) is 5.91 Å². The Kier molecular flexibility index (Phi) is 10.1. The van der Waals surface area contributed by atoms with Crippen LogP contribution in [0.4, 0.5) is 0 Å². The molecule has 0 aliphatic heterocycles. The van der Waals surface area contributed by atoms with E-state index in [9.17, 15) is 4.79 Å². The van der Waals surface area contributed by atoms with Gasteiger partial charge in [-0.2, -0.15) is 5.10 Å². The second-order valence-corrected chi connectivity index (χ2v) is 8.52. The molecular formula is C20H29BrClN5O3S. The molecule has 3 rings (SSSR count). The van der Waals surface area contributed by atoms with Crippen molar-refractivity contribution in [1.82, 2.24) is 20.2 Å². The fraction of sp³-hybridized carbons (Fsp3) is 0.550. The van der Waals surface area contributed by atoms with Crippen molar-refractivity contribution in [3.05, 3.63) is 32.8 Å². The number of aromatic amines is 1. The maximum atomic E-state index is 12.3. The molecule has 1 aromatic carbocycles. The third-order valence-electron chi connectivity index (χ3n) is 4.97. The van der Waals surface area contributed by atoms with Crippen LogP contribution in [0.15, 0.2) is 16.6 Å². The van der Waals surface area contributed by atoms with E-state index in [1.807, 2.05) is 26.0 Å². The number of hydrogen-bond donors (Lipinski definition) is 3. The Bertz CT molecular complexity index is 930. The summed E-state index contributed by atoms with van der Waals surface area (Å²) < 4.78 is 14.5. The zero-order valence-electron chi connectivity index (χ0n) is 17.7. The quantitative estimate of drug-likeness (QED) is 0.413. The summed E-state index contributed by atoms with van der Waals surface area (Å²) in [6.07, 6.45) is 5.68. The van der Waals surface area contributed by atoms with Crippen LogP contribution in [-0.4, -0.2) is 40.0 Å². The molecule has 1 aromatic heterocycles. The van der Waals surface area contributed by atoms with E-state index >= 15 is 0 Å². The standard InChI is InChI=1S/C20H28BrN5O3S.ClH/c1-3-28-17-10-14(11-22-26-13(2)24-25-20(26)30)9-16(21)19(17)29-12-18(27)23-15-7-5-4-6-8-15;/h9-10,15,22H,3-8,11-12H2,1-2H3,(H,23,27)(H,25,30);1H. The Morgan fingerprint density at radius 1 is 1.32 bits per heavy atom. The first-order valence-corrected chi connectivity index (χ1v) is 11.4. The molecule has 11 heteroatoms. The van der Waals surface area contributed by atoms with Crippen LogP contribution in [-0.2, 0) is 11.3 Å². The zero-order chi connectivity index (χ0) is 21.5. The Hall–Kier alpha value is -1.78. The molecule has 1 amide bonds. The number of carbonyl (C=O) groups excluding carboxylic acids is 1. The van der Waals surface area contributed by atoms with Gasteiger partial charge in [0.1, 0.15) is 5.82 Å². The van der Waals surface area contributed by atoms with E-state index in [1.54, 1.807) is 4.68 Å².